The number of rotatable bonds is 7. The first-order valence-electron chi connectivity index (χ1n) is 9.70. The maximum Gasteiger partial charge on any atom is 0.343 e. The monoisotopic (exact) mass is 524 g/mol. The Balaban J connectivity index is 1.76. The average molecular weight is 525 g/mol. The van der Waals surface area contributed by atoms with Gasteiger partial charge >= 0.3 is 5.97 Å². The number of nitrogens with zero attached hydrogens (tertiary/aromatic N) is 2. The first-order chi connectivity index (χ1) is 16.2. The number of nitro groups is 1. The van der Waals surface area contributed by atoms with Crippen molar-refractivity contribution in [2.24, 2.45) is 5.10 Å². The third-order valence-corrected chi connectivity index (χ3v) is 4.85. The molecule has 172 valence electrons. The summed E-state index contributed by atoms with van der Waals surface area (Å²) in [5, 5.41) is 17.6. The van der Waals surface area contributed by atoms with Gasteiger partial charge in [0, 0.05) is 40.3 Å². The van der Waals surface area contributed by atoms with Gasteiger partial charge in [-0.05, 0) is 54.6 Å². The van der Waals surface area contributed by atoms with Crippen molar-refractivity contribution in [3.63, 3.8) is 0 Å². The maximum atomic E-state index is 12.4. The van der Waals surface area contributed by atoms with Crippen LogP contribution in [0.1, 0.15) is 33.2 Å². The molecule has 11 heteroatoms. The SMILES string of the molecule is CC(=O)Nc1ccc(C(=O)N/N=C/c2cc([N+](=O)[O-])ccc2OC(=O)c2ccc(Br)cc2)cc1. The van der Waals surface area contributed by atoms with E-state index in [-0.39, 0.29) is 34.0 Å². The highest BCUT2D eigenvalue weighted by Crippen LogP contribution is 2.24. The largest absolute Gasteiger partial charge is 0.422 e. The van der Waals surface area contributed by atoms with Crippen LogP contribution < -0.4 is 15.5 Å². The fourth-order valence-corrected chi connectivity index (χ4v) is 2.99. The van der Waals surface area contributed by atoms with E-state index in [4.69, 9.17) is 4.74 Å². The molecule has 0 radical (unpaired) electrons. The fourth-order valence-electron chi connectivity index (χ4n) is 2.72. The van der Waals surface area contributed by atoms with E-state index in [1.54, 1.807) is 36.4 Å². The first kappa shape index (κ1) is 24.3. The number of hydrazone groups is 1. The third-order valence-electron chi connectivity index (χ3n) is 4.32. The molecule has 0 atom stereocenters. The minimum atomic E-state index is -0.667. The molecule has 0 saturated heterocycles. The predicted octanol–water partition coefficient (Wildman–Crippen LogP) is 4.30. The Hall–Kier alpha value is -4.38. The number of halogens is 1. The number of nitrogens with one attached hydrogen (secondary N) is 2. The van der Waals surface area contributed by atoms with Crippen LogP contribution in [-0.2, 0) is 4.79 Å². The highest BCUT2D eigenvalue weighted by Gasteiger charge is 2.15. The molecule has 0 bridgehead atoms. The molecule has 0 aliphatic carbocycles. The molecule has 2 N–H and O–H groups in total. The van der Waals surface area contributed by atoms with E-state index < -0.39 is 16.8 Å². The second kappa shape index (κ2) is 11.0. The molecule has 0 spiro atoms. The summed E-state index contributed by atoms with van der Waals surface area (Å²) in [4.78, 5) is 46.4. The molecule has 0 aliphatic rings. The van der Waals surface area contributed by atoms with Crippen LogP contribution in [0.3, 0.4) is 0 Å². The molecule has 0 saturated carbocycles. The molecule has 10 nitrogen and oxygen atoms in total. The zero-order valence-electron chi connectivity index (χ0n) is 17.7. The van der Waals surface area contributed by atoms with E-state index in [0.717, 1.165) is 10.7 Å². The van der Waals surface area contributed by atoms with Gasteiger partial charge in [-0.15, -0.1) is 0 Å². The number of nitro benzene ring substituents is 1. The minimum absolute atomic E-state index is 0.0242. The summed E-state index contributed by atoms with van der Waals surface area (Å²) in [5.41, 5.74) is 3.25. The van der Waals surface area contributed by atoms with Gasteiger partial charge in [-0.1, -0.05) is 15.9 Å². The van der Waals surface area contributed by atoms with Gasteiger partial charge in [0.25, 0.3) is 11.6 Å². The highest BCUT2D eigenvalue weighted by molar-refractivity contribution is 9.10. The van der Waals surface area contributed by atoms with Crippen LogP contribution in [0.2, 0.25) is 0 Å². The van der Waals surface area contributed by atoms with Gasteiger partial charge in [0.1, 0.15) is 5.75 Å². The van der Waals surface area contributed by atoms with Crippen LogP contribution in [0.15, 0.2) is 76.3 Å². The Kier molecular flexibility index (Phi) is 7.83. The molecule has 3 aromatic rings. The second-order valence-electron chi connectivity index (χ2n) is 6.83. The Labute approximate surface area is 201 Å². The fraction of sp³-hybridized carbons (Fsp3) is 0.0435. The summed E-state index contributed by atoms with van der Waals surface area (Å²) in [6, 6.07) is 16.2. The summed E-state index contributed by atoms with van der Waals surface area (Å²) in [6.07, 6.45) is 1.14. The van der Waals surface area contributed by atoms with Crippen molar-refractivity contribution >= 4 is 51.3 Å². The maximum absolute atomic E-state index is 12.4. The molecule has 0 fully saturated rings. The normalized spacial score (nSPS) is 10.5. The molecule has 0 heterocycles. The van der Waals surface area contributed by atoms with Gasteiger partial charge in [0.05, 0.1) is 16.7 Å². The van der Waals surface area contributed by atoms with Crippen molar-refractivity contribution in [1.82, 2.24) is 5.43 Å². The summed E-state index contributed by atoms with van der Waals surface area (Å²) >= 11 is 3.28. The molecule has 2 amide bonds. The number of carbonyl (C=O) groups is 3. The van der Waals surface area contributed by atoms with Crippen LogP contribution in [0.5, 0.6) is 5.75 Å². The van der Waals surface area contributed by atoms with Crippen molar-refractivity contribution < 1.29 is 24.0 Å². The van der Waals surface area contributed by atoms with Gasteiger partial charge in [0.2, 0.25) is 5.91 Å². The molecule has 0 aromatic heterocycles. The lowest BCUT2D eigenvalue weighted by Gasteiger charge is -2.08. The first-order valence-corrected chi connectivity index (χ1v) is 10.5. The Morgan fingerprint density at radius 3 is 2.26 bits per heavy atom. The van der Waals surface area contributed by atoms with E-state index >= 15 is 0 Å². The Morgan fingerprint density at radius 1 is 1.00 bits per heavy atom. The summed E-state index contributed by atoms with van der Waals surface area (Å²) in [7, 11) is 0. The minimum Gasteiger partial charge on any atom is -0.422 e. The van der Waals surface area contributed by atoms with Crippen LogP contribution in [0.25, 0.3) is 0 Å². The van der Waals surface area contributed by atoms with Crippen LogP contribution >= 0.6 is 15.9 Å². The number of ether oxygens (including phenoxy) is 1. The Bertz CT molecular complexity index is 1270. The van der Waals surface area contributed by atoms with Gasteiger partial charge in [-0.2, -0.15) is 5.10 Å². The standard InChI is InChI=1S/C23H17BrN4O6/c1-14(29)26-19-8-4-15(5-9-19)22(30)27-25-13-17-12-20(28(32)33)10-11-21(17)34-23(31)16-2-6-18(24)7-3-16/h2-13H,1H3,(H,26,29)(H,27,30)/b25-13+. The number of esters is 1. The smallest absolute Gasteiger partial charge is 0.343 e. The quantitative estimate of drug-likeness (QED) is 0.155. The number of carbonyl (C=O) groups excluding carboxylic acids is 3. The third kappa shape index (κ3) is 6.56. The van der Waals surface area contributed by atoms with Crippen molar-refractivity contribution in [3.05, 3.63) is 98.0 Å². The van der Waals surface area contributed by atoms with Crippen molar-refractivity contribution in [2.45, 2.75) is 6.92 Å². The number of amides is 2. The molecular weight excluding hydrogens is 508 g/mol. The van der Waals surface area contributed by atoms with E-state index in [0.29, 0.717) is 5.69 Å². The Morgan fingerprint density at radius 2 is 1.65 bits per heavy atom. The van der Waals surface area contributed by atoms with E-state index in [2.05, 4.69) is 31.8 Å². The van der Waals surface area contributed by atoms with E-state index in [1.165, 1.54) is 37.3 Å². The second-order valence-corrected chi connectivity index (χ2v) is 7.75. The molecule has 34 heavy (non-hydrogen) atoms. The van der Waals surface area contributed by atoms with E-state index in [9.17, 15) is 24.5 Å². The summed E-state index contributed by atoms with van der Waals surface area (Å²) < 4.78 is 6.16. The van der Waals surface area contributed by atoms with E-state index in [1.807, 2.05) is 0 Å². The molecular formula is C23H17BrN4O6. The lowest BCUT2D eigenvalue weighted by Crippen LogP contribution is -2.18. The summed E-state index contributed by atoms with van der Waals surface area (Å²) in [5.74, 6) is -1.43. The molecule has 3 rings (SSSR count). The molecule has 0 aliphatic heterocycles. The van der Waals surface area contributed by atoms with Crippen molar-refractivity contribution in [2.75, 3.05) is 5.32 Å². The van der Waals surface area contributed by atoms with Crippen LogP contribution in [-0.4, -0.2) is 28.9 Å². The predicted molar refractivity (Wildman–Crippen MR) is 128 cm³/mol. The number of anilines is 1. The lowest BCUT2D eigenvalue weighted by atomic mass is 10.2. The zero-order valence-corrected chi connectivity index (χ0v) is 19.2. The van der Waals surface area contributed by atoms with Crippen LogP contribution in [0, 0.1) is 10.1 Å². The van der Waals surface area contributed by atoms with Gasteiger partial charge < -0.3 is 10.1 Å². The topological polar surface area (TPSA) is 140 Å². The number of hydrogen-bond acceptors (Lipinski definition) is 7. The highest BCUT2D eigenvalue weighted by atomic mass is 79.9. The van der Waals surface area contributed by atoms with Gasteiger partial charge in [-0.3, -0.25) is 19.7 Å². The van der Waals surface area contributed by atoms with Gasteiger partial charge in [0.15, 0.2) is 0 Å². The average Bonchev–Trinajstić information content (AvgIpc) is 2.80. The molecule has 3 aromatic carbocycles. The van der Waals surface area contributed by atoms with Crippen molar-refractivity contribution in [1.29, 1.82) is 0 Å². The number of hydrogen-bond donors (Lipinski definition) is 2. The molecule has 0 unspecified atom stereocenters. The lowest BCUT2D eigenvalue weighted by molar-refractivity contribution is -0.384. The number of benzene rings is 3. The zero-order chi connectivity index (χ0) is 24.7. The van der Waals surface area contributed by atoms with Gasteiger partial charge in [-0.25, -0.2) is 10.2 Å². The van der Waals surface area contributed by atoms with Crippen molar-refractivity contribution in [3.8, 4) is 5.75 Å². The number of non-ortho nitro benzene ring substituents is 1. The summed E-state index contributed by atoms with van der Waals surface area (Å²) in [6.45, 7) is 1.37. The van der Waals surface area contributed by atoms with Crippen LogP contribution in [0.4, 0.5) is 11.4 Å².